The Morgan fingerprint density at radius 3 is 2.26 bits per heavy atom. The van der Waals surface area contributed by atoms with Crippen LogP contribution in [-0.4, -0.2) is 18.5 Å². The second-order valence-corrected chi connectivity index (χ2v) is 5.30. The number of carbonyl (C=O) groups excluding carboxylic acids is 2. The van der Waals surface area contributed by atoms with E-state index in [9.17, 15) is 22.8 Å². The van der Waals surface area contributed by atoms with E-state index in [1.165, 1.54) is 6.08 Å². The molecule has 0 aromatic heterocycles. The van der Waals surface area contributed by atoms with E-state index in [1.54, 1.807) is 24.3 Å². The molecule has 5 nitrogen and oxygen atoms in total. The van der Waals surface area contributed by atoms with Gasteiger partial charge in [-0.15, -0.1) is 0 Å². The number of nitrogens with zero attached hydrogens (tertiary/aromatic N) is 1. The summed E-state index contributed by atoms with van der Waals surface area (Å²) < 4.78 is 42.1. The van der Waals surface area contributed by atoms with Crippen LogP contribution in [0.3, 0.4) is 0 Å². The zero-order valence-corrected chi connectivity index (χ0v) is 13.8. The van der Waals surface area contributed by atoms with Gasteiger partial charge >= 0.3 is 12.1 Å². The van der Waals surface area contributed by atoms with Crippen molar-refractivity contribution in [3.8, 4) is 6.07 Å². The number of ether oxygens (including phenoxy) is 1. The number of nitriles is 1. The van der Waals surface area contributed by atoms with Gasteiger partial charge < -0.3 is 10.1 Å². The van der Waals surface area contributed by atoms with Crippen molar-refractivity contribution >= 4 is 23.6 Å². The van der Waals surface area contributed by atoms with Gasteiger partial charge in [0.05, 0.1) is 17.2 Å². The van der Waals surface area contributed by atoms with E-state index in [0.717, 1.165) is 30.3 Å². The fourth-order valence-electron chi connectivity index (χ4n) is 1.96. The molecule has 0 aliphatic heterocycles. The van der Waals surface area contributed by atoms with Crippen LogP contribution >= 0.6 is 0 Å². The summed E-state index contributed by atoms with van der Waals surface area (Å²) in [4.78, 5) is 23.3. The predicted molar refractivity (Wildman–Crippen MR) is 91.2 cm³/mol. The van der Waals surface area contributed by atoms with E-state index < -0.39 is 30.2 Å². The molecule has 0 saturated carbocycles. The Bertz CT molecular complexity index is 880. The molecule has 0 spiro atoms. The standard InChI is InChI=1S/C19H13F3N2O3/c20-19(21,22)15-6-8-16(9-7-15)24-17(25)12-27-18(26)10-5-13-1-3-14(11-23)4-2-13/h1-10H,12H2,(H,24,25)/b10-5+. The van der Waals surface area contributed by atoms with Crippen molar-refractivity contribution in [2.45, 2.75) is 6.18 Å². The molecule has 138 valence electrons. The van der Waals surface area contributed by atoms with Gasteiger partial charge in [0.2, 0.25) is 0 Å². The zero-order chi connectivity index (χ0) is 19.9. The second-order valence-electron chi connectivity index (χ2n) is 5.30. The van der Waals surface area contributed by atoms with Crippen LogP contribution in [0.4, 0.5) is 18.9 Å². The van der Waals surface area contributed by atoms with Gasteiger partial charge in [0.25, 0.3) is 5.91 Å². The molecule has 1 amide bonds. The highest BCUT2D eigenvalue weighted by Crippen LogP contribution is 2.29. The molecule has 0 fully saturated rings. The SMILES string of the molecule is N#Cc1ccc(/C=C/C(=O)OCC(=O)Nc2ccc(C(F)(F)F)cc2)cc1. The lowest BCUT2D eigenvalue weighted by Crippen LogP contribution is -2.20. The molecule has 8 heteroatoms. The number of rotatable bonds is 5. The molecule has 0 aliphatic carbocycles. The number of alkyl halides is 3. The number of hydrogen-bond acceptors (Lipinski definition) is 4. The summed E-state index contributed by atoms with van der Waals surface area (Å²) in [7, 11) is 0. The van der Waals surface area contributed by atoms with E-state index in [2.05, 4.69) is 5.32 Å². The van der Waals surface area contributed by atoms with Gasteiger partial charge in [0.1, 0.15) is 0 Å². The average Bonchev–Trinajstić information content (AvgIpc) is 2.65. The lowest BCUT2D eigenvalue weighted by molar-refractivity contribution is -0.142. The Morgan fingerprint density at radius 2 is 1.70 bits per heavy atom. The van der Waals surface area contributed by atoms with Gasteiger partial charge in [-0.25, -0.2) is 4.79 Å². The Hall–Kier alpha value is -3.60. The topological polar surface area (TPSA) is 79.2 Å². The maximum atomic E-state index is 12.5. The largest absolute Gasteiger partial charge is 0.452 e. The van der Waals surface area contributed by atoms with Crippen LogP contribution in [-0.2, 0) is 20.5 Å². The van der Waals surface area contributed by atoms with Crippen molar-refractivity contribution in [1.29, 1.82) is 5.26 Å². The van der Waals surface area contributed by atoms with Gasteiger partial charge in [0.15, 0.2) is 6.61 Å². The monoisotopic (exact) mass is 374 g/mol. The maximum Gasteiger partial charge on any atom is 0.416 e. The van der Waals surface area contributed by atoms with Crippen molar-refractivity contribution in [1.82, 2.24) is 0 Å². The quantitative estimate of drug-likeness (QED) is 0.638. The summed E-state index contributed by atoms with van der Waals surface area (Å²) in [6, 6.07) is 12.3. The first-order chi connectivity index (χ1) is 12.8. The first-order valence-electron chi connectivity index (χ1n) is 7.60. The molecule has 0 heterocycles. The number of hydrogen-bond donors (Lipinski definition) is 1. The molecule has 0 aliphatic rings. The first kappa shape index (κ1) is 19.7. The number of amides is 1. The summed E-state index contributed by atoms with van der Waals surface area (Å²) >= 11 is 0. The summed E-state index contributed by atoms with van der Waals surface area (Å²) in [6.45, 7) is -0.586. The lowest BCUT2D eigenvalue weighted by Gasteiger charge is -2.08. The van der Waals surface area contributed by atoms with E-state index in [1.807, 2.05) is 6.07 Å². The van der Waals surface area contributed by atoms with E-state index in [-0.39, 0.29) is 5.69 Å². The minimum atomic E-state index is -4.46. The molecule has 0 bridgehead atoms. The molecule has 27 heavy (non-hydrogen) atoms. The smallest absolute Gasteiger partial charge is 0.416 e. The first-order valence-corrected chi connectivity index (χ1v) is 7.60. The molecule has 1 N–H and O–H groups in total. The predicted octanol–water partition coefficient (Wildman–Crippen LogP) is 3.77. The summed E-state index contributed by atoms with van der Waals surface area (Å²) in [5.74, 6) is -1.45. The molecule has 0 saturated heterocycles. The molecule has 0 radical (unpaired) electrons. The Kier molecular flexibility index (Phi) is 6.33. The van der Waals surface area contributed by atoms with Gasteiger partial charge in [-0.3, -0.25) is 4.79 Å². The van der Waals surface area contributed by atoms with Crippen LogP contribution in [0.15, 0.2) is 54.6 Å². The molecule has 0 unspecified atom stereocenters. The van der Waals surface area contributed by atoms with E-state index >= 15 is 0 Å². The summed E-state index contributed by atoms with van der Waals surface area (Å²) in [6.07, 6.45) is -1.89. The fourth-order valence-corrected chi connectivity index (χ4v) is 1.96. The van der Waals surface area contributed by atoms with Crippen LogP contribution in [0.5, 0.6) is 0 Å². The maximum absolute atomic E-state index is 12.5. The van der Waals surface area contributed by atoms with Crippen molar-refractivity contribution in [2.75, 3.05) is 11.9 Å². The van der Waals surface area contributed by atoms with E-state index in [0.29, 0.717) is 11.1 Å². The number of benzene rings is 2. The van der Waals surface area contributed by atoms with Gasteiger partial charge in [-0.05, 0) is 48.0 Å². The minimum Gasteiger partial charge on any atom is -0.452 e. The summed E-state index contributed by atoms with van der Waals surface area (Å²) in [5.41, 5.74) is 0.465. The number of esters is 1. The number of halogens is 3. The van der Waals surface area contributed by atoms with Crippen LogP contribution in [0.1, 0.15) is 16.7 Å². The molecule has 2 aromatic rings. The lowest BCUT2D eigenvalue weighted by atomic mass is 10.1. The van der Waals surface area contributed by atoms with Crippen molar-refractivity contribution < 1.29 is 27.5 Å². The zero-order valence-electron chi connectivity index (χ0n) is 13.8. The van der Waals surface area contributed by atoms with Gasteiger partial charge in [0, 0.05) is 11.8 Å². The fraction of sp³-hybridized carbons (Fsp3) is 0.105. The van der Waals surface area contributed by atoms with Gasteiger partial charge in [-0.1, -0.05) is 12.1 Å². The van der Waals surface area contributed by atoms with Crippen LogP contribution < -0.4 is 5.32 Å². The highest BCUT2D eigenvalue weighted by Gasteiger charge is 2.29. The van der Waals surface area contributed by atoms with Crippen LogP contribution in [0.25, 0.3) is 6.08 Å². The third-order valence-corrected chi connectivity index (χ3v) is 3.29. The Balaban J connectivity index is 1.81. The second kappa shape index (κ2) is 8.67. The van der Waals surface area contributed by atoms with Crippen LogP contribution in [0, 0.1) is 11.3 Å². The molecular weight excluding hydrogens is 361 g/mol. The Labute approximate surface area is 152 Å². The normalized spacial score (nSPS) is 11.0. The summed E-state index contributed by atoms with van der Waals surface area (Å²) in [5, 5.41) is 11.0. The van der Waals surface area contributed by atoms with Crippen molar-refractivity contribution in [3.63, 3.8) is 0 Å². The molecule has 2 aromatic carbocycles. The molecule has 0 atom stereocenters. The number of carbonyl (C=O) groups is 2. The van der Waals surface area contributed by atoms with E-state index in [4.69, 9.17) is 10.00 Å². The van der Waals surface area contributed by atoms with Crippen molar-refractivity contribution in [2.24, 2.45) is 0 Å². The van der Waals surface area contributed by atoms with Crippen LogP contribution in [0.2, 0.25) is 0 Å². The third-order valence-electron chi connectivity index (χ3n) is 3.29. The molecule has 2 rings (SSSR count). The highest BCUT2D eigenvalue weighted by molar-refractivity contribution is 5.94. The average molecular weight is 374 g/mol. The minimum absolute atomic E-state index is 0.150. The number of anilines is 1. The van der Waals surface area contributed by atoms with Gasteiger partial charge in [-0.2, -0.15) is 18.4 Å². The Morgan fingerprint density at radius 1 is 1.07 bits per heavy atom. The van der Waals surface area contributed by atoms with Crippen molar-refractivity contribution in [3.05, 3.63) is 71.3 Å². The molecular formula is C19H13F3N2O3. The third kappa shape index (κ3) is 6.32. The highest BCUT2D eigenvalue weighted by atomic mass is 19.4. The number of nitrogens with one attached hydrogen (secondary N) is 1.